The highest BCUT2D eigenvalue weighted by Gasteiger charge is 2.34. The quantitative estimate of drug-likeness (QED) is 0.144. The van der Waals surface area contributed by atoms with E-state index in [1.165, 1.54) is 79.5 Å². The summed E-state index contributed by atoms with van der Waals surface area (Å²) in [6.07, 6.45) is 13.9. The normalized spacial score (nSPS) is 17.2. The van der Waals surface area contributed by atoms with Gasteiger partial charge in [0.2, 0.25) is 0 Å². The largest absolute Gasteiger partial charge is 0.454 e. The zero-order valence-electron chi connectivity index (χ0n) is 52.2. The lowest BCUT2D eigenvalue weighted by atomic mass is 9.71. The fraction of sp³-hybridized carbons (Fsp3) is 0.299. The van der Waals surface area contributed by atoms with Crippen molar-refractivity contribution in [2.45, 2.75) is 121 Å². The molecule has 86 heavy (non-hydrogen) atoms. The van der Waals surface area contributed by atoms with Gasteiger partial charge in [0, 0.05) is 78.8 Å². The second-order valence-electron chi connectivity index (χ2n) is 25.1. The monoisotopic (exact) mass is 1150 g/mol. The zero-order valence-corrected chi connectivity index (χ0v) is 50.2. The van der Waals surface area contributed by atoms with Crippen molar-refractivity contribution in [3.8, 4) is 0 Å². The van der Waals surface area contributed by atoms with Crippen LogP contribution in [-0.2, 0) is 5.41 Å². The molecule has 0 saturated heterocycles. The number of anilines is 6. The van der Waals surface area contributed by atoms with Crippen LogP contribution in [0.3, 0.4) is 0 Å². The van der Waals surface area contributed by atoms with Crippen LogP contribution in [0.4, 0.5) is 47.3 Å². The van der Waals surface area contributed by atoms with E-state index < -0.39 is 11.8 Å². The second-order valence-corrected chi connectivity index (χ2v) is 25.1. The molecule has 6 nitrogen and oxygen atoms in total. The number of para-hydroxylation sites is 6. The molecule has 0 spiro atoms. The van der Waals surface area contributed by atoms with E-state index in [4.69, 9.17) is 14.6 Å². The van der Waals surface area contributed by atoms with Crippen molar-refractivity contribution in [1.82, 2.24) is 0 Å². The van der Waals surface area contributed by atoms with E-state index in [2.05, 4.69) is 105 Å². The van der Waals surface area contributed by atoms with Crippen molar-refractivity contribution in [1.29, 1.82) is 0 Å². The van der Waals surface area contributed by atoms with Crippen LogP contribution in [0.25, 0.3) is 65.8 Å². The Bertz CT molecular complexity index is 4490. The van der Waals surface area contributed by atoms with E-state index in [0.29, 0.717) is 5.41 Å². The number of hydrogen-bond acceptors (Lipinski definition) is 6. The maximum Gasteiger partial charge on any atom is 0.159 e. The van der Waals surface area contributed by atoms with E-state index in [-0.39, 0.29) is 22.9 Å². The van der Waals surface area contributed by atoms with Crippen LogP contribution in [0.2, 0.25) is 0 Å². The Kier molecular flexibility index (Phi) is 14.8. The number of halogens is 3. The molecule has 3 saturated carbocycles. The molecular weight excluding hydrogens is 1070 g/mol. The zero-order chi connectivity index (χ0) is 61.1. The summed E-state index contributed by atoms with van der Waals surface area (Å²) in [5.41, 5.74) is 14.5. The molecule has 12 aromatic rings. The summed E-state index contributed by atoms with van der Waals surface area (Å²) in [6, 6.07) is 57.0. The first-order valence-electron chi connectivity index (χ1n) is 31.7. The highest BCUT2D eigenvalue weighted by Crippen LogP contribution is 2.49. The summed E-state index contributed by atoms with van der Waals surface area (Å²) in [4.78, 5) is 6.09. The van der Waals surface area contributed by atoms with Crippen molar-refractivity contribution < 1.29 is 29.2 Å². The average molecular weight is 1150 g/mol. The Morgan fingerprint density at radius 3 is 1.08 bits per heavy atom. The predicted molar refractivity (Wildman–Crippen MR) is 351 cm³/mol. The van der Waals surface area contributed by atoms with Crippen molar-refractivity contribution in [2.24, 2.45) is 5.41 Å². The van der Waals surface area contributed by atoms with Gasteiger partial charge in [-0.1, -0.05) is 144 Å². The molecule has 3 heterocycles. The lowest BCUT2D eigenvalue weighted by molar-refractivity contribution is 0.224. The van der Waals surface area contributed by atoms with Gasteiger partial charge in [0.25, 0.3) is 0 Å². The molecule has 3 aliphatic rings. The van der Waals surface area contributed by atoms with E-state index in [0.717, 1.165) is 157 Å². The van der Waals surface area contributed by atoms with E-state index >= 15 is 0 Å². The molecule has 0 N–H and O–H groups in total. The summed E-state index contributed by atoms with van der Waals surface area (Å²) < 4.78 is 78.0. The minimum Gasteiger partial charge on any atom is -0.454 e. The van der Waals surface area contributed by atoms with Crippen molar-refractivity contribution in [3.63, 3.8) is 0 Å². The predicted octanol–water partition coefficient (Wildman–Crippen LogP) is 23.0. The molecule has 3 aliphatic carbocycles. The third-order valence-corrected chi connectivity index (χ3v) is 19.0. The van der Waals surface area contributed by atoms with Crippen LogP contribution in [0.15, 0.2) is 195 Å². The number of benzene rings is 9. The standard InChI is InChI=1S/C27H28FNO.2C25H24FNO/c1-27(2)16-14-18(15-17-27)21-6-4-7-22-23-8-5-9-24(26(23)30-25(21)22)29(3)20-12-10-19(28)11-13-20;1-25(15-3-4-16-25)21-9-5-7-19-20-8-6-10-22(24(20)28-23(19)21)27(2)18-13-11-17(26)12-14-18;1-27(19-15-13-18(26)14-16-19)23-12-6-11-22-21-10-5-9-20(24(21)28-25(22)23)17-7-3-2-4-8-17/h4-13,18H,14-17H2,1-3H3;5-14H,3-4,15-16H2,1-2H3;5-6,9-17H,2-4,7-8H2,1H3/i18D;;17D. The van der Waals surface area contributed by atoms with Gasteiger partial charge >= 0.3 is 0 Å². The van der Waals surface area contributed by atoms with Gasteiger partial charge in [-0.15, -0.1) is 0 Å². The second kappa shape index (κ2) is 23.4. The molecule has 15 rings (SSSR count). The van der Waals surface area contributed by atoms with Gasteiger partial charge in [-0.25, -0.2) is 13.2 Å². The van der Waals surface area contributed by atoms with Crippen LogP contribution in [-0.4, -0.2) is 21.1 Å². The molecule has 3 aromatic heterocycles. The first kappa shape index (κ1) is 54.2. The first-order chi connectivity index (χ1) is 42.4. The molecular formula is C77H76F3N3O3. The molecule has 0 bridgehead atoms. The van der Waals surface area contributed by atoms with Gasteiger partial charge in [-0.3, -0.25) is 0 Å². The topological polar surface area (TPSA) is 49.1 Å². The molecule has 0 atom stereocenters. The third kappa shape index (κ3) is 10.9. The highest BCUT2D eigenvalue weighted by atomic mass is 19.1. The summed E-state index contributed by atoms with van der Waals surface area (Å²) in [6.45, 7) is 6.96. The lowest BCUT2D eigenvalue weighted by Gasteiger charge is -2.34. The number of rotatable bonds is 9. The highest BCUT2D eigenvalue weighted by molar-refractivity contribution is 6.12. The van der Waals surface area contributed by atoms with Gasteiger partial charge in [-0.05, 0) is 176 Å². The van der Waals surface area contributed by atoms with Crippen molar-refractivity contribution in [2.75, 3.05) is 35.8 Å². The molecule has 9 heteroatoms. The fourth-order valence-electron chi connectivity index (χ4n) is 13.8. The average Bonchev–Trinajstić information content (AvgIpc) is 1.78. The molecule has 3 fully saturated rings. The number of hydrogen-bond donors (Lipinski definition) is 0. The van der Waals surface area contributed by atoms with Crippen molar-refractivity contribution in [3.05, 3.63) is 216 Å². The molecule has 438 valence electrons. The van der Waals surface area contributed by atoms with Crippen LogP contribution in [0.5, 0.6) is 0 Å². The van der Waals surface area contributed by atoms with Gasteiger partial charge in [-0.2, -0.15) is 0 Å². The molecule has 0 amide bonds. The van der Waals surface area contributed by atoms with Crippen molar-refractivity contribution >= 4 is 99.9 Å². The fourth-order valence-corrected chi connectivity index (χ4v) is 13.8. The summed E-state index contributed by atoms with van der Waals surface area (Å²) >= 11 is 0. The van der Waals surface area contributed by atoms with Crippen LogP contribution in [0.1, 0.15) is 135 Å². The Morgan fingerprint density at radius 1 is 0.360 bits per heavy atom. The maximum atomic E-state index is 13.4. The van der Waals surface area contributed by atoms with E-state index in [1.807, 2.05) is 61.3 Å². The minimum atomic E-state index is -0.619. The molecule has 0 unspecified atom stereocenters. The number of fused-ring (bicyclic) bond motifs is 9. The van der Waals surface area contributed by atoms with E-state index in [1.54, 1.807) is 36.4 Å². The smallest absolute Gasteiger partial charge is 0.159 e. The van der Waals surface area contributed by atoms with E-state index in [9.17, 15) is 14.5 Å². The lowest BCUT2D eigenvalue weighted by Crippen LogP contribution is -2.20. The summed E-state index contributed by atoms with van der Waals surface area (Å²) in [5, 5.41) is 6.51. The number of nitrogens with zero attached hydrogens (tertiary/aromatic N) is 3. The Labute approximate surface area is 505 Å². The Balaban J connectivity index is 0.000000122. The van der Waals surface area contributed by atoms with Gasteiger partial charge in [0.05, 0.1) is 17.1 Å². The number of furan rings is 3. The van der Waals surface area contributed by atoms with Crippen LogP contribution < -0.4 is 14.7 Å². The maximum absolute atomic E-state index is 13.4. The third-order valence-electron chi connectivity index (χ3n) is 19.0. The van der Waals surface area contributed by atoms with Gasteiger partial charge in [0.15, 0.2) is 16.7 Å². The van der Waals surface area contributed by atoms with Gasteiger partial charge in [0.1, 0.15) is 34.2 Å². The summed E-state index contributed by atoms with van der Waals surface area (Å²) in [5.74, 6) is -1.92. The SMILES string of the molecule is CN(c1ccc(F)cc1)c1cccc2c1oc1c(C3(C)CCCC3)cccc12.[2H]C1(c2cccc3c2oc2c(N(C)c4ccc(F)cc4)cccc23)CCC(C)(C)CC1.[2H]C1(c2cccc3c2oc2c(N(C)c4ccc(F)cc4)cccc23)CCCCC1. The first-order valence-corrected chi connectivity index (χ1v) is 30.7. The van der Waals surface area contributed by atoms with Crippen LogP contribution in [0, 0.1) is 22.9 Å². The Hall–Kier alpha value is -8.43. The van der Waals surface area contributed by atoms with Crippen LogP contribution >= 0.6 is 0 Å². The minimum absolute atomic E-state index is 0.191. The summed E-state index contributed by atoms with van der Waals surface area (Å²) in [7, 11) is 5.92. The van der Waals surface area contributed by atoms with Gasteiger partial charge < -0.3 is 28.0 Å². The molecule has 0 aliphatic heterocycles. The molecule has 0 radical (unpaired) electrons. The Morgan fingerprint density at radius 2 is 0.686 bits per heavy atom. The molecule has 9 aromatic carbocycles.